The van der Waals surface area contributed by atoms with Crippen molar-refractivity contribution in [1.82, 2.24) is 0 Å². The lowest BCUT2D eigenvalue weighted by Gasteiger charge is -2.25. The van der Waals surface area contributed by atoms with Gasteiger partial charge in [-0.1, -0.05) is 23.8 Å². The number of amides is 1. The summed E-state index contributed by atoms with van der Waals surface area (Å²) in [6.45, 7) is 1.82. The van der Waals surface area contributed by atoms with E-state index in [-0.39, 0.29) is 16.9 Å². The molecule has 3 aromatic rings. The highest BCUT2D eigenvalue weighted by Gasteiger charge is 2.47. The van der Waals surface area contributed by atoms with Gasteiger partial charge >= 0.3 is 0 Å². The maximum absolute atomic E-state index is 13.6. The van der Waals surface area contributed by atoms with Crippen LogP contribution in [0.5, 0.6) is 5.75 Å². The first-order valence-electron chi connectivity index (χ1n) is 10.1. The number of carbonyl (C=O) groups is 2. The van der Waals surface area contributed by atoms with Gasteiger partial charge in [0, 0.05) is 5.69 Å². The molecule has 1 unspecified atom stereocenters. The SMILES string of the molecule is COc1ccc(C)cc1/C(O)=C1\C(=O)C(=O)N(c2ccc(C#N)cc2)C1c1ccc(F)cc1. The van der Waals surface area contributed by atoms with Crippen LogP contribution in [0.3, 0.4) is 0 Å². The lowest BCUT2D eigenvalue weighted by Crippen LogP contribution is -2.29. The Morgan fingerprint density at radius 1 is 1.06 bits per heavy atom. The fourth-order valence-electron chi connectivity index (χ4n) is 3.91. The lowest BCUT2D eigenvalue weighted by molar-refractivity contribution is -0.132. The number of nitriles is 1. The quantitative estimate of drug-likeness (QED) is 0.361. The zero-order valence-corrected chi connectivity index (χ0v) is 17.9. The molecule has 4 rings (SSSR count). The van der Waals surface area contributed by atoms with Crippen molar-refractivity contribution >= 4 is 23.1 Å². The van der Waals surface area contributed by atoms with Crippen LogP contribution in [0, 0.1) is 24.1 Å². The number of aliphatic hydroxyl groups is 1. The zero-order valence-electron chi connectivity index (χ0n) is 17.9. The Balaban J connectivity index is 1.97. The van der Waals surface area contributed by atoms with Crippen molar-refractivity contribution in [3.63, 3.8) is 0 Å². The second-order valence-corrected chi connectivity index (χ2v) is 7.58. The van der Waals surface area contributed by atoms with Crippen molar-refractivity contribution in [3.05, 3.63) is 100 Å². The Bertz CT molecular complexity index is 1320. The third-order valence-electron chi connectivity index (χ3n) is 5.51. The Labute approximate surface area is 189 Å². The standard InChI is InChI=1S/C26H19FN2O4/c1-15-3-12-21(33-2)20(13-15)24(30)22-23(17-6-8-18(27)9-7-17)29(26(32)25(22)31)19-10-4-16(14-28)5-11-19/h3-13,23,30H,1-2H3/b24-22+. The maximum atomic E-state index is 13.6. The number of halogens is 1. The van der Waals surface area contributed by atoms with Gasteiger partial charge in [-0.15, -0.1) is 0 Å². The number of benzene rings is 3. The number of anilines is 1. The van der Waals surface area contributed by atoms with E-state index in [0.29, 0.717) is 22.6 Å². The molecule has 0 radical (unpaired) electrons. The van der Waals surface area contributed by atoms with Gasteiger partial charge < -0.3 is 9.84 Å². The second kappa shape index (κ2) is 8.60. The maximum Gasteiger partial charge on any atom is 0.300 e. The summed E-state index contributed by atoms with van der Waals surface area (Å²) >= 11 is 0. The highest BCUT2D eigenvalue weighted by Crippen LogP contribution is 2.43. The monoisotopic (exact) mass is 442 g/mol. The van der Waals surface area contributed by atoms with E-state index in [0.717, 1.165) is 5.56 Å². The third-order valence-corrected chi connectivity index (χ3v) is 5.51. The van der Waals surface area contributed by atoms with Crippen molar-refractivity contribution in [2.24, 2.45) is 0 Å². The Morgan fingerprint density at radius 2 is 1.73 bits per heavy atom. The highest BCUT2D eigenvalue weighted by atomic mass is 19.1. The molecular weight excluding hydrogens is 423 g/mol. The van der Waals surface area contributed by atoms with E-state index >= 15 is 0 Å². The number of ether oxygens (including phenoxy) is 1. The lowest BCUT2D eigenvalue weighted by atomic mass is 9.94. The minimum absolute atomic E-state index is 0.139. The number of hydrogen-bond donors (Lipinski definition) is 1. The van der Waals surface area contributed by atoms with Gasteiger partial charge in [-0.3, -0.25) is 14.5 Å². The zero-order chi connectivity index (χ0) is 23.7. The third kappa shape index (κ3) is 3.83. The molecule has 6 nitrogen and oxygen atoms in total. The summed E-state index contributed by atoms with van der Waals surface area (Å²) in [6, 6.07) is 17.6. The second-order valence-electron chi connectivity index (χ2n) is 7.58. The van der Waals surface area contributed by atoms with Crippen LogP contribution < -0.4 is 9.64 Å². The molecule has 1 amide bonds. The van der Waals surface area contributed by atoms with E-state index < -0.39 is 23.5 Å². The van der Waals surface area contributed by atoms with Crippen LogP contribution in [0.25, 0.3) is 5.76 Å². The van der Waals surface area contributed by atoms with Crippen LogP contribution in [0.2, 0.25) is 0 Å². The molecule has 0 spiro atoms. The number of hydrogen-bond acceptors (Lipinski definition) is 5. The average Bonchev–Trinajstić information content (AvgIpc) is 3.09. The molecule has 1 aliphatic heterocycles. The minimum Gasteiger partial charge on any atom is -0.507 e. The molecule has 0 bridgehead atoms. The van der Waals surface area contributed by atoms with Gasteiger partial charge in [0.05, 0.1) is 35.9 Å². The normalized spacial score (nSPS) is 17.2. The number of nitrogens with zero attached hydrogens (tertiary/aromatic N) is 2. The number of aryl methyl sites for hydroxylation is 1. The molecule has 1 atom stereocenters. The summed E-state index contributed by atoms with van der Waals surface area (Å²) in [7, 11) is 1.44. The Morgan fingerprint density at radius 3 is 2.33 bits per heavy atom. The number of methoxy groups -OCH3 is 1. The molecule has 1 N–H and O–H groups in total. The van der Waals surface area contributed by atoms with E-state index in [1.54, 1.807) is 30.3 Å². The summed E-state index contributed by atoms with van der Waals surface area (Å²) in [5, 5.41) is 20.3. The van der Waals surface area contributed by atoms with Crippen molar-refractivity contribution in [3.8, 4) is 11.8 Å². The molecule has 0 aromatic heterocycles. The first-order valence-corrected chi connectivity index (χ1v) is 10.1. The molecule has 7 heteroatoms. The van der Waals surface area contributed by atoms with Gasteiger partial charge in [-0.2, -0.15) is 5.26 Å². The molecule has 0 saturated carbocycles. The molecule has 1 fully saturated rings. The van der Waals surface area contributed by atoms with Crippen molar-refractivity contribution in [1.29, 1.82) is 5.26 Å². The van der Waals surface area contributed by atoms with Crippen LogP contribution in [-0.4, -0.2) is 23.9 Å². The Kier molecular flexibility index (Phi) is 5.67. The van der Waals surface area contributed by atoms with E-state index in [9.17, 15) is 19.1 Å². The summed E-state index contributed by atoms with van der Waals surface area (Å²) in [4.78, 5) is 27.6. The van der Waals surface area contributed by atoms with Crippen LogP contribution in [0.4, 0.5) is 10.1 Å². The van der Waals surface area contributed by atoms with E-state index in [1.165, 1.54) is 48.4 Å². The van der Waals surface area contributed by atoms with Gasteiger partial charge in [0.1, 0.15) is 17.3 Å². The number of rotatable bonds is 4. The first-order chi connectivity index (χ1) is 15.8. The topological polar surface area (TPSA) is 90.6 Å². The predicted octanol–water partition coefficient (Wildman–Crippen LogP) is 4.64. The highest BCUT2D eigenvalue weighted by molar-refractivity contribution is 6.51. The molecule has 164 valence electrons. The number of ketones is 1. The van der Waals surface area contributed by atoms with Gasteiger partial charge in [-0.05, 0) is 61.0 Å². The van der Waals surface area contributed by atoms with Crippen molar-refractivity contribution in [2.45, 2.75) is 13.0 Å². The van der Waals surface area contributed by atoms with E-state index in [1.807, 2.05) is 13.0 Å². The van der Waals surface area contributed by atoms with Gasteiger partial charge in [-0.25, -0.2) is 4.39 Å². The predicted molar refractivity (Wildman–Crippen MR) is 120 cm³/mol. The number of aliphatic hydroxyl groups excluding tert-OH is 1. The van der Waals surface area contributed by atoms with Crippen molar-refractivity contribution in [2.75, 3.05) is 12.0 Å². The molecule has 1 aliphatic rings. The first kappa shape index (κ1) is 21.8. The summed E-state index contributed by atoms with van der Waals surface area (Å²) in [5.41, 5.74) is 2.13. The Hall–Kier alpha value is -4.44. The minimum atomic E-state index is -1.01. The average molecular weight is 442 g/mol. The van der Waals surface area contributed by atoms with Crippen molar-refractivity contribution < 1.29 is 23.8 Å². The fraction of sp³-hybridized carbons (Fsp3) is 0.115. The largest absolute Gasteiger partial charge is 0.507 e. The molecule has 3 aromatic carbocycles. The van der Waals surface area contributed by atoms with Crippen LogP contribution in [-0.2, 0) is 9.59 Å². The van der Waals surface area contributed by atoms with E-state index in [4.69, 9.17) is 10.00 Å². The number of carbonyl (C=O) groups excluding carboxylic acids is 2. The van der Waals surface area contributed by atoms with Gasteiger partial charge in [0.25, 0.3) is 11.7 Å². The summed E-state index contributed by atoms with van der Waals surface area (Å²) < 4.78 is 19.0. The van der Waals surface area contributed by atoms with Crippen LogP contribution in [0.1, 0.15) is 28.3 Å². The molecule has 0 aliphatic carbocycles. The molecular formula is C26H19FN2O4. The smallest absolute Gasteiger partial charge is 0.300 e. The number of Topliss-reactive ketones (excluding diaryl/α,β-unsaturated/α-hetero) is 1. The van der Waals surface area contributed by atoms with E-state index in [2.05, 4.69) is 0 Å². The van der Waals surface area contributed by atoms with Gasteiger partial charge in [0.2, 0.25) is 0 Å². The molecule has 1 heterocycles. The van der Waals surface area contributed by atoms with Crippen LogP contribution >= 0.6 is 0 Å². The molecule has 33 heavy (non-hydrogen) atoms. The van der Waals surface area contributed by atoms with Gasteiger partial charge in [0.15, 0.2) is 0 Å². The summed E-state index contributed by atoms with van der Waals surface area (Å²) in [6.07, 6.45) is 0. The fourth-order valence-corrected chi connectivity index (χ4v) is 3.91. The summed E-state index contributed by atoms with van der Waals surface area (Å²) in [5.74, 6) is -2.26. The molecule has 1 saturated heterocycles. The van der Waals surface area contributed by atoms with Crippen LogP contribution in [0.15, 0.2) is 72.3 Å².